The van der Waals surface area contributed by atoms with E-state index in [9.17, 15) is 0 Å². The monoisotopic (exact) mass is 209 g/mol. The maximum Gasteiger partial charge on any atom is 0.0396 e. The lowest BCUT2D eigenvalue weighted by Crippen LogP contribution is -1.97. The van der Waals surface area contributed by atoms with Crippen LogP contribution in [0.4, 0.5) is 5.69 Å². The first-order chi connectivity index (χ1) is 7.70. The molecule has 16 heavy (non-hydrogen) atoms. The van der Waals surface area contributed by atoms with Crippen molar-refractivity contribution in [3.8, 4) is 0 Å². The van der Waals surface area contributed by atoms with E-state index in [-0.39, 0.29) is 0 Å². The van der Waals surface area contributed by atoms with Crippen molar-refractivity contribution in [1.82, 2.24) is 0 Å². The normalized spacial score (nSPS) is 10.1. The highest BCUT2D eigenvalue weighted by Gasteiger charge is 2.08. The van der Waals surface area contributed by atoms with Crippen molar-refractivity contribution >= 4 is 11.3 Å². The number of benzene rings is 2. The first-order valence-corrected chi connectivity index (χ1v) is 5.30. The highest BCUT2D eigenvalue weighted by atomic mass is 14.6. The van der Waals surface area contributed by atoms with Gasteiger partial charge in [0.05, 0.1) is 0 Å². The van der Waals surface area contributed by atoms with Gasteiger partial charge < -0.3 is 5.73 Å². The molecule has 0 unspecified atom stereocenters. The summed E-state index contributed by atoms with van der Waals surface area (Å²) in [6.45, 7) is 6.19. The van der Waals surface area contributed by atoms with E-state index in [1.807, 2.05) is 42.5 Å². The van der Waals surface area contributed by atoms with Crippen molar-refractivity contribution in [2.24, 2.45) is 0 Å². The van der Waals surface area contributed by atoms with Gasteiger partial charge in [-0.1, -0.05) is 49.0 Å². The molecular weight excluding hydrogens is 194 g/mol. The van der Waals surface area contributed by atoms with Gasteiger partial charge in [0.2, 0.25) is 0 Å². The van der Waals surface area contributed by atoms with Gasteiger partial charge in [0.15, 0.2) is 0 Å². The van der Waals surface area contributed by atoms with E-state index in [4.69, 9.17) is 5.73 Å². The zero-order chi connectivity index (χ0) is 11.5. The van der Waals surface area contributed by atoms with E-state index >= 15 is 0 Å². The zero-order valence-corrected chi connectivity index (χ0v) is 9.40. The maximum atomic E-state index is 6.00. The fourth-order valence-corrected chi connectivity index (χ4v) is 1.89. The van der Waals surface area contributed by atoms with Crippen molar-refractivity contribution < 1.29 is 0 Å². The summed E-state index contributed by atoms with van der Waals surface area (Å²) in [7, 11) is 0. The minimum atomic E-state index is 0.786. The Kier molecular flexibility index (Phi) is 2.78. The minimum absolute atomic E-state index is 0.786. The fraction of sp³-hybridized carbons (Fsp3) is 0.0667. The molecule has 0 atom stereocenters. The van der Waals surface area contributed by atoms with Gasteiger partial charge >= 0.3 is 0 Å². The van der Waals surface area contributed by atoms with Crippen LogP contribution in [-0.4, -0.2) is 0 Å². The smallest absolute Gasteiger partial charge is 0.0396 e. The Morgan fingerprint density at radius 3 is 2.31 bits per heavy atom. The first-order valence-electron chi connectivity index (χ1n) is 5.30. The molecule has 0 fully saturated rings. The molecule has 0 amide bonds. The Balaban J connectivity index is 2.50. The van der Waals surface area contributed by atoms with Crippen molar-refractivity contribution in [3.63, 3.8) is 0 Å². The lowest BCUT2D eigenvalue weighted by molar-refractivity contribution is 1.42. The van der Waals surface area contributed by atoms with Crippen LogP contribution in [0.3, 0.4) is 0 Å². The number of nitrogen functional groups attached to an aromatic ring is 1. The highest BCUT2D eigenvalue weighted by Crippen LogP contribution is 2.28. The first kappa shape index (κ1) is 10.5. The minimum Gasteiger partial charge on any atom is -0.398 e. The Bertz CT molecular complexity index is 492. The molecule has 0 heterocycles. The lowest BCUT2D eigenvalue weighted by atomic mass is 9.94. The average molecular weight is 209 g/mol. The molecule has 2 aromatic carbocycles. The summed E-state index contributed by atoms with van der Waals surface area (Å²) in [5.74, 6) is 0. The van der Waals surface area contributed by atoms with Crippen molar-refractivity contribution in [1.29, 1.82) is 0 Å². The van der Waals surface area contributed by atoms with Gasteiger partial charge in [0.25, 0.3) is 0 Å². The van der Waals surface area contributed by atoms with Crippen LogP contribution < -0.4 is 5.73 Å². The van der Waals surface area contributed by atoms with Crippen LogP contribution in [0.5, 0.6) is 0 Å². The van der Waals surface area contributed by atoms with Crippen LogP contribution >= 0.6 is 0 Å². The molecular formula is C15H15N. The second kappa shape index (κ2) is 4.23. The molecule has 2 rings (SSSR count). The molecule has 2 N–H and O–H groups in total. The lowest BCUT2D eigenvalue weighted by Gasteiger charge is -2.12. The number of nitrogens with two attached hydrogens (primary N) is 1. The SMILES string of the molecule is C=C(c1ccccc1)c1c(C)cccc1N. The topological polar surface area (TPSA) is 26.0 Å². The number of anilines is 1. The van der Waals surface area contributed by atoms with Crippen molar-refractivity contribution in [2.45, 2.75) is 6.92 Å². The van der Waals surface area contributed by atoms with Gasteiger partial charge in [-0.2, -0.15) is 0 Å². The fourth-order valence-electron chi connectivity index (χ4n) is 1.89. The molecule has 0 aliphatic rings. The second-order valence-corrected chi connectivity index (χ2v) is 3.88. The quantitative estimate of drug-likeness (QED) is 0.751. The average Bonchev–Trinajstić information content (AvgIpc) is 2.30. The second-order valence-electron chi connectivity index (χ2n) is 3.88. The van der Waals surface area contributed by atoms with E-state index in [0.29, 0.717) is 0 Å². The van der Waals surface area contributed by atoms with Gasteiger partial charge in [-0.05, 0) is 29.7 Å². The summed E-state index contributed by atoms with van der Waals surface area (Å²) < 4.78 is 0. The zero-order valence-electron chi connectivity index (χ0n) is 9.40. The molecule has 0 saturated carbocycles. The molecule has 2 aromatic rings. The van der Waals surface area contributed by atoms with E-state index in [2.05, 4.69) is 19.6 Å². The van der Waals surface area contributed by atoms with Gasteiger partial charge in [-0.3, -0.25) is 0 Å². The Morgan fingerprint density at radius 1 is 1.00 bits per heavy atom. The molecule has 0 saturated heterocycles. The Hall–Kier alpha value is -2.02. The third kappa shape index (κ3) is 1.84. The third-order valence-electron chi connectivity index (χ3n) is 2.73. The summed E-state index contributed by atoms with van der Waals surface area (Å²) in [6, 6.07) is 16.0. The van der Waals surface area contributed by atoms with Gasteiger partial charge in [0.1, 0.15) is 0 Å². The molecule has 0 bridgehead atoms. The van der Waals surface area contributed by atoms with Gasteiger partial charge in [-0.15, -0.1) is 0 Å². The summed E-state index contributed by atoms with van der Waals surface area (Å²) in [4.78, 5) is 0. The molecule has 0 aromatic heterocycles. The van der Waals surface area contributed by atoms with E-state index in [1.54, 1.807) is 0 Å². The van der Waals surface area contributed by atoms with Crippen molar-refractivity contribution in [2.75, 3.05) is 5.73 Å². The van der Waals surface area contributed by atoms with Gasteiger partial charge in [0, 0.05) is 11.3 Å². The van der Waals surface area contributed by atoms with Crippen molar-refractivity contribution in [3.05, 3.63) is 71.8 Å². The molecule has 0 spiro atoms. The Labute approximate surface area is 96.2 Å². The van der Waals surface area contributed by atoms with Crippen LogP contribution in [0.2, 0.25) is 0 Å². The number of hydrogen-bond donors (Lipinski definition) is 1. The number of aryl methyl sites for hydroxylation is 1. The molecule has 1 heteroatoms. The van der Waals surface area contributed by atoms with Crippen LogP contribution in [-0.2, 0) is 0 Å². The van der Waals surface area contributed by atoms with Crippen LogP contribution in [0.25, 0.3) is 5.57 Å². The molecule has 0 aliphatic carbocycles. The van der Waals surface area contributed by atoms with E-state index in [1.165, 1.54) is 0 Å². The predicted molar refractivity (Wildman–Crippen MR) is 70.2 cm³/mol. The largest absolute Gasteiger partial charge is 0.398 e. The molecule has 0 aliphatic heterocycles. The highest BCUT2D eigenvalue weighted by molar-refractivity contribution is 5.85. The Morgan fingerprint density at radius 2 is 1.69 bits per heavy atom. The molecule has 1 nitrogen and oxygen atoms in total. The third-order valence-corrected chi connectivity index (χ3v) is 2.73. The number of hydrogen-bond acceptors (Lipinski definition) is 1. The predicted octanol–water partition coefficient (Wildman–Crippen LogP) is 3.64. The summed E-state index contributed by atoms with van der Waals surface area (Å²) in [6.07, 6.45) is 0. The summed E-state index contributed by atoms with van der Waals surface area (Å²) in [5.41, 5.74) is 11.1. The molecule has 80 valence electrons. The van der Waals surface area contributed by atoms with Gasteiger partial charge in [-0.25, -0.2) is 0 Å². The van der Waals surface area contributed by atoms with E-state index in [0.717, 1.165) is 28.0 Å². The van der Waals surface area contributed by atoms with Crippen LogP contribution in [0.1, 0.15) is 16.7 Å². The summed E-state index contributed by atoms with van der Waals surface area (Å²) in [5, 5.41) is 0. The standard InChI is InChI=1S/C15H15N/c1-11-7-6-10-14(16)15(11)12(2)13-8-4-3-5-9-13/h3-10H,2,16H2,1H3. The van der Waals surface area contributed by atoms with E-state index < -0.39 is 0 Å². The molecule has 0 radical (unpaired) electrons. The maximum absolute atomic E-state index is 6.00. The van der Waals surface area contributed by atoms with Crippen LogP contribution in [0.15, 0.2) is 55.1 Å². The number of rotatable bonds is 2. The van der Waals surface area contributed by atoms with Crippen LogP contribution in [0, 0.1) is 6.92 Å². The summed E-state index contributed by atoms with van der Waals surface area (Å²) >= 11 is 0.